The van der Waals surface area contributed by atoms with Gasteiger partial charge in [-0.15, -0.1) is 0 Å². The second-order valence-corrected chi connectivity index (χ2v) is 8.52. The molecule has 32 heavy (non-hydrogen) atoms. The number of hydrogen-bond acceptors (Lipinski definition) is 5. The molecule has 1 fully saturated rings. The number of imidazole rings is 1. The Bertz CT molecular complexity index is 1290. The van der Waals surface area contributed by atoms with Crippen molar-refractivity contribution in [1.82, 2.24) is 24.2 Å². The zero-order valence-corrected chi connectivity index (χ0v) is 18.5. The first-order valence-corrected chi connectivity index (χ1v) is 11.0. The van der Waals surface area contributed by atoms with Gasteiger partial charge in [0.15, 0.2) is 0 Å². The third-order valence-corrected chi connectivity index (χ3v) is 6.30. The van der Waals surface area contributed by atoms with Crippen molar-refractivity contribution in [2.24, 2.45) is 0 Å². The number of aromatic nitrogens is 3. The fraction of sp³-hybridized carbons (Fsp3) is 0.269. The Kier molecular flexibility index (Phi) is 5.44. The van der Waals surface area contributed by atoms with Crippen LogP contribution in [0.5, 0.6) is 0 Å². The minimum atomic E-state index is 0.706. The number of benzene rings is 1. The summed E-state index contributed by atoms with van der Waals surface area (Å²) >= 11 is 0. The molecule has 5 rings (SSSR count). The summed E-state index contributed by atoms with van der Waals surface area (Å²) < 4.78 is 2.23. The van der Waals surface area contributed by atoms with Crippen molar-refractivity contribution < 1.29 is 0 Å². The number of rotatable bonds is 4. The van der Waals surface area contributed by atoms with E-state index in [2.05, 4.69) is 62.8 Å². The molecule has 4 aromatic rings. The Morgan fingerprint density at radius 2 is 1.81 bits per heavy atom. The largest absolute Gasteiger partial charge is 0.304 e. The molecule has 0 bridgehead atoms. The summed E-state index contributed by atoms with van der Waals surface area (Å²) in [5.41, 5.74) is 8.03. The average Bonchev–Trinajstić information content (AvgIpc) is 3.18. The molecule has 0 radical (unpaired) electrons. The number of fused-ring (bicyclic) bond motifs is 1. The lowest BCUT2D eigenvalue weighted by Gasteiger charge is -2.32. The zero-order chi connectivity index (χ0) is 22.1. The first-order valence-electron chi connectivity index (χ1n) is 11.0. The van der Waals surface area contributed by atoms with Crippen molar-refractivity contribution in [2.45, 2.75) is 13.5 Å². The molecule has 0 amide bonds. The summed E-state index contributed by atoms with van der Waals surface area (Å²) in [6.45, 7) is 7.04. The predicted molar refractivity (Wildman–Crippen MR) is 126 cm³/mol. The number of hydrogen-bond donors (Lipinski definition) is 0. The van der Waals surface area contributed by atoms with Gasteiger partial charge in [0.05, 0.1) is 23.0 Å². The van der Waals surface area contributed by atoms with Gasteiger partial charge in [-0.05, 0) is 49.9 Å². The summed E-state index contributed by atoms with van der Waals surface area (Å²) in [6, 6.07) is 16.5. The van der Waals surface area contributed by atoms with Crippen molar-refractivity contribution in [2.75, 3.05) is 33.2 Å². The molecule has 0 aliphatic carbocycles. The van der Waals surface area contributed by atoms with Crippen LogP contribution in [-0.4, -0.2) is 57.4 Å². The van der Waals surface area contributed by atoms with E-state index in [0.717, 1.165) is 66.3 Å². The summed E-state index contributed by atoms with van der Waals surface area (Å²) in [5.74, 6) is 0. The van der Waals surface area contributed by atoms with E-state index in [0.29, 0.717) is 5.56 Å². The Morgan fingerprint density at radius 1 is 1.00 bits per heavy atom. The molecular weight excluding hydrogens is 396 g/mol. The molecule has 6 nitrogen and oxygen atoms in total. The normalized spacial score (nSPS) is 15.2. The van der Waals surface area contributed by atoms with E-state index in [1.54, 1.807) is 6.20 Å². The maximum Gasteiger partial charge on any atom is 0.137 e. The van der Waals surface area contributed by atoms with Crippen molar-refractivity contribution in [1.29, 1.82) is 5.26 Å². The monoisotopic (exact) mass is 422 g/mol. The molecule has 0 unspecified atom stereocenters. The molecule has 4 heterocycles. The van der Waals surface area contributed by atoms with E-state index in [4.69, 9.17) is 4.98 Å². The number of pyridine rings is 2. The number of nitriles is 1. The van der Waals surface area contributed by atoms with Gasteiger partial charge < -0.3 is 9.30 Å². The maximum atomic E-state index is 9.34. The van der Waals surface area contributed by atoms with Crippen LogP contribution in [0.4, 0.5) is 0 Å². The predicted octanol–water partition coefficient (Wildman–Crippen LogP) is 3.99. The molecule has 6 heteroatoms. The lowest BCUT2D eigenvalue weighted by atomic mass is 10.0. The SMILES string of the molecule is Cc1cc(-c2nc3ccc(-c4cccnc4)cn3c2CN2CCN(C)CC2)ccc1C#N. The summed E-state index contributed by atoms with van der Waals surface area (Å²) in [5, 5.41) is 9.34. The lowest BCUT2D eigenvalue weighted by molar-refractivity contribution is 0.147. The van der Waals surface area contributed by atoms with Crippen molar-refractivity contribution in [3.05, 3.63) is 77.9 Å². The van der Waals surface area contributed by atoms with Crippen molar-refractivity contribution in [3.63, 3.8) is 0 Å². The Hall–Kier alpha value is -3.53. The standard InChI is InChI=1S/C26H26N6/c1-19-14-20(5-6-21(19)15-27)26-24(18-31-12-10-30(2)11-13-31)32-17-23(7-8-25(32)29-26)22-4-3-9-28-16-22/h3-9,14,16-17H,10-13,18H2,1-2H3. The first kappa shape index (κ1) is 20.4. The Morgan fingerprint density at radius 3 is 2.53 bits per heavy atom. The van der Waals surface area contributed by atoms with Gasteiger partial charge in [-0.2, -0.15) is 5.26 Å². The fourth-order valence-corrected chi connectivity index (χ4v) is 4.33. The molecule has 1 aliphatic rings. The van der Waals surface area contributed by atoms with Crippen LogP contribution in [0.2, 0.25) is 0 Å². The smallest absolute Gasteiger partial charge is 0.137 e. The van der Waals surface area contributed by atoms with Crippen molar-refractivity contribution in [3.8, 4) is 28.5 Å². The van der Waals surface area contributed by atoms with Crippen LogP contribution >= 0.6 is 0 Å². The topological polar surface area (TPSA) is 60.5 Å². The third kappa shape index (κ3) is 3.89. The highest BCUT2D eigenvalue weighted by molar-refractivity contribution is 5.71. The highest BCUT2D eigenvalue weighted by Gasteiger charge is 2.21. The molecule has 1 saturated heterocycles. The summed E-state index contributed by atoms with van der Waals surface area (Å²) in [7, 11) is 2.18. The third-order valence-electron chi connectivity index (χ3n) is 6.30. The lowest BCUT2D eigenvalue weighted by Crippen LogP contribution is -2.44. The van der Waals surface area contributed by atoms with E-state index in [9.17, 15) is 5.26 Å². The van der Waals surface area contributed by atoms with Gasteiger partial charge in [-0.3, -0.25) is 9.88 Å². The van der Waals surface area contributed by atoms with Gasteiger partial charge >= 0.3 is 0 Å². The van der Waals surface area contributed by atoms with Crippen LogP contribution in [0, 0.1) is 18.3 Å². The van der Waals surface area contributed by atoms with Crippen LogP contribution in [0.15, 0.2) is 61.1 Å². The molecule has 1 aromatic carbocycles. The fourth-order valence-electron chi connectivity index (χ4n) is 4.33. The Balaban J connectivity index is 1.63. The van der Waals surface area contributed by atoms with Gasteiger partial charge in [-0.1, -0.05) is 12.1 Å². The molecule has 0 spiro atoms. The van der Waals surface area contributed by atoms with E-state index in [1.807, 2.05) is 31.3 Å². The van der Waals surface area contributed by atoms with E-state index < -0.39 is 0 Å². The Labute approximate surface area is 188 Å². The van der Waals surface area contributed by atoms with Gasteiger partial charge in [0.1, 0.15) is 5.65 Å². The zero-order valence-electron chi connectivity index (χ0n) is 18.5. The molecule has 160 valence electrons. The molecule has 0 atom stereocenters. The van der Waals surface area contributed by atoms with Crippen LogP contribution in [-0.2, 0) is 6.54 Å². The van der Waals surface area contributed by atoms with E-state index in [-0.39, 0.29) is 0 Å². The molecule has 0 saturated carbocycles. The van der Waals surface area contributed by atoms with Crippen LogP contribution in [0.25, 0.3) is 28.0 Å². The van der Waals surface area contributed by atoms with Crippen LogP contribution < -0.4 is 0 Å². The molecule has 1 aliphatic heterocycles. The number of piperazine rings is 1. The second-order valence-electron chi connectivity index (χ2n) is 8.52. The minimum absolute atomic E-state index is 0.706. The first-order chi connectivity index (χ1) is 15.6. The second kappa shape index (κ2) is 8.54. The highest BCUT2D eigenvalue weighted by Crippen LogP contribution is 2.29. The highest BCUT2D eigenvalue weighted by atomic mass is 15.3. The quantitative estimate of drug-likeness (QED) is 0.498. The van der Waals surface area contributed by atoms with E-state index >= 15 is 0 Å². The van der Waals surface area contributed by atoms with Gasteiger partial charge in [0.2, 0.25) is 0 Å². The molecule has 0 N–H and O–H groups in total. The maximum absolute atomic E-state index is 9.34. The van der Waals surface area contributed by atoms with Gasteiger partial charge in [0.25, 0.3) is 0 Å². The minimum Gasteiger partial charge on any atom is -0.304 e. The van der Waals surface area contributed by atoms with E-state index in [1.165, 1.54) is 5.69 Å². The molecular formula is C26H26N6. The van der Waals surface area contributed by atoms with Gasteiger partial charge in [0, 0.05) is 68.0 Å². The number of aryl methyl sites for hydroxylation is 1. The average molecular weight is 423 g/mol. The van der Waals surface area contributed by atoms with Crippen molar-refractivity contribution >= 4 is 5.65 Å². The number of nitrogens with zero attached hydrogens (tertiary/aromatic N) is 6. The van der Waals surface area contributed by atoms with Crippen LogP contribution in [0.1, 0.15) is 16.8 Å². The summed E-state index contributed by atoms with van der Waals surface area (Å²) in [6.07, 6.45) is 5.86. The van der Waals surface area contributed by atoms with Gasteiger partial charge in [-0.25, -0.2) is 4.98 Å². The molecule has 3 aromatic heterocycles. The summed E-state index contributed by atoms with van der Waals surface area (Å²) in [4.78, 5) is 14.2. The number of likely N-dealkylation sites (N-methyl/N-ethyl adjacent to an activating group) is 1. The van der Waals surface area contributed by atoms with Crippen LogP contribution in [0.3, 0.4) is 0 Å².